The summed E-state index contributed by atoms with van der Waals surface area (Å²) < 4.78 is 82.5. The van der Waals surface area contributed by atoms with Crippen LogP contribution in [-0.2, 0) is 14.7 Å². The number of halogens is 3. The lowest BCUT2D eigenvalue weighted by atomic mass is 10.3. The normalized spacial score (nSPS) is 22.1. The van der Waals surface area contributed by atoms with Crippen LogP contribution in [0, 0.1) is 0 Å². The number of benzene rings is 1. The molecule has 0 bridgehead atoms. The second kappa shape index (κ2) is 4.89. The molecule has 1 unspecified atom stereocenters. The molecule has 1 aliphatic rings. The molecule has 0 saturated carbocycles. The van der Waals surface area contributed by atoms with Crippen molar-refractivity contribution in [2.75, 3.05) is 6.35 Å². The highest BCUT2D eigenvalue weighted by Gasteiger charge is 2.52. The van der Waals surface area contributed by atoms with Crippen LogP contribution in [0.1, 0.15) is 20.8 Å². The molecule has 5 nitrogen and oxygen atoms in total. The molecular formula is C12H14F3O5PS. The lowest BCUT2D eigenvalue weighted by Crippen LogP contribution is -2.30. The molecule has 0 spiro atoms. The van der Waals surface area contributed by atoms with Gasteiger partial charge in [0.05, 0.1) is 0 Å². The van der Waals surface area contributed by atoms with Crippen LogP contribution in [0.2, 0.25) is 0 Å². The van der Waals surface area contributed by atoms with Gasteiger partial charge in [0.25, 0.3) is 0 Å². The molecule has 0 radical (unpaired) electrons. The monoisotopic (exact) mass is 358 g/mol. The van der Waals surface area contributed by atoms with Crippen LogP contribution in [-0.4, -0.2) is 25.4 Å². The summed E-state index contributed by atoms with van der Waals surface area (Å²) in [6.07, 6.45) is -0.210. The number of ether oxygens (including phenoxy) is 1. The minimum atomic E-state index is -5.84. The first-order valence-electron chi connectivity index (χ1n) is 6.16. The molecule has 0 fully saturated rings. The summed E-state index contributed by atoms with van der Waals surface area (Å²) >= 11 is 0. The van der Waals surface area contributed by atoms with Crippen molar-refractivity contribution in [2.45, 2.75) is 31.4 Å². The number of alkyl halides is 3. The second-order valence-electron chi connectivity index (χ2n) is 5.77. The SMILES string of the molecule is CC(C)(C)P1(=O)COc2cccc(OS(=O)(=O)C(F)(F)F)c21. The van der Waals surface area contributed by atoms with E-state index in [1.807, 2.05) is 0 Å². The van der Waals surface area contributed by atoms with Crippen LogP contribution in [0.15, 0.2) is 18.2 Å². The molecule has 1 aromatic rings. The van der Waals surface area contributed by atoms with Crippen LogP contribution >= 0.6 is 7.14 Å². The van der Waals surface area contributed by atoms with E-state index in [4.69, 9.17) is 4.74 Å². The first-order valence-corrected chi connectivity index (χ1v) is 9.46. The maximum Gasteiger partial charge on any atom is 0.534 e. The van der Waals surface area contributed by atoms with Gasteiger partial charge in [-0.15, -0.1) is 0 Å². The highest BCUT2D eigenvalue weighted by Crippen LogP contribution is 2.63. The van der Waals surface area contributed by atoms with E-state index in [0.717, 1.165) is 6.07 Å². The first kappa shape index (κ1) is 17.1. The van der Waals surface area contributed by atoms with E-state index in [1.54, 1.807) is 20.8 Å². The maximum atomic E-state index is 13.1. The van der Waals surface area contributed by atoms with E-state index in [1.165, 1.54) is 12.1 Å². The Morgan fingerprint density at radius 3 is 2.32 bits per heavy atom. The summed E-state index contributed by atoms with van der Waals surface area (Å²) in [5, 5.41) is -0.921. The van der Waals surface area contributed by atoms with Gasteiger partial charge in [0.1, 0.15) is 17.4 Å². The van der Waals surface area contributed by atoms with Crippen LogP contribution in [0.5, 0.6) is 11.5 Å². The summed E-state index contributed by atoms with van der Waals surface area (Å²) in [6.45, 7) is 4.92. The van der Waals surface area contributed by atoms with E-state index >= 15 is 0 Å². The fraction of sp³-hybridized carbons (Fsp3) is 0.500. The summed E-state index contributed by atoms with van der Waals surface area (Å²) in [7, 11) is -9.14. The molecule has 10 heteroatoms. The van der Waals surface area contributed by atoms with E-state index in [-0.39, 0.29) is 17.4 Å². The van der Waals surface area contributed by atoms with Crippen molar-refractivity contribution in [3.63, 3.8) is 0 Å². The first-order chi connectivity index (χ1) is 9.80. The van der Waals surface area contributed by atoms with E-state index < -0.39 is 33.7 Å². The molecule has 1 aliphatic heterocycles. The van der Waals surface area contributed by atoms with Gasteiger partial charge in [0.2, 0.25) is 0 Å². The second-order valence-corrected chi connectivity index (χ2v) is 10.8. The van der Waals surface area contributed by atoms with Crippen LogP contribution in [0.4, 0.5) is 13.2 Å². The van der Waals surface area contributed by atoms with Gasteiger partial charge in [-0.2, -0.15) is 21.6 Å². The largest absolute Gasteiger partial charge is 0.534 e. The van der Waals surface area contributed by atoms with Crippen molar-refractivity contribution in [1.29, 1.82) is 0 Å². The topological polar surface area (TPSA) is 69.7 Å². The standard InChI is InChI=1S/C12H14F3O5PS/c1-11(2,3)21(16)7-19-8-5-4-6-9(10(8)21)20-22(17,18)12(13,14)15/h4-6H,7H2,1-3H3. The number of hydrogen-bond donors (Lipinski definition) is 0. The van der Waals surface area contributed by atoms with Crippen LogP contribution in [0.25, 0.3) is 0 Å². The lowest BCUT2D eigenvalue weighted by molar-refractivity contribution is -0.0499. The number of fused-ring (bicyclic) bond motifs is 1. The van der Waals surface area contributed by atoms with E-state index in [0.29, 0.717) is 0 Å². The average molecular weight is 358 g/mol. The predicted octanol–water partition coefficient (Wildman–Crippen LogP) is 3.05. The molecule has 0 aromatic heterocycles. The molecule has 1 atom stereocenters. The van der Waals surface area contributed by atoms with Gasteiger partial charge < -0.3 is 13.5 Å². The van der Waals surface area contributed by atoms with Gasteiger partial charge in [-0.05, 0) is 12.1 Å². The molecule has 1 aromatic carbocycles. The smallest absolute Gasteiger partial charge is 0.485 e. The van der Waals surface area contributed by atoms with Gasteiger partial charge in [-0.1, -0.05) is 26.8 Å². The van der Waals surface area contributed by atoms with Crippen molar-refractivity contribution in [1.82, 2.24) is 0 Å². The zero-order valence-electron chi connectivity index (χ0n) is 12.0. The summed E-state index contributed by atoms with van der Waals surface area (Å²) in [5.41, 5.74) is -5.57. The molecule has 0 aliphatic carbocycles. The summed E-state index contributed by atoms with van der Waals surface area (Å²) in [4.78, 5) is 0. The highest BCUT2D eigenvalue weighted by atomic mass is 32.2. The zero-order valence-corrected chi connectivity index (χ0v) is 13.7. The molecule has 22 heavy (non-hydrogen) atoms. The highest BCUT2D eigenvalue weighted by molar-refractivity contribution is 7.88. The van der Waals surface area contributed by atoms with Crippen LogP contribution < -0.4 is 14.2 Å². The Hall–Kier alpha value is -1.21. The Balaban J connectivity index is 2.60. The Morgan fingerprint density at radius 1 is 1.23 bits per heavy atom. The quantitative estimate of drug-likeness (QED) is 0.462. The Labute approximate surface area is 125 Å². The number of hydrogen-bond acceptors (Lipinski definition) is 5. The molecule has 124 valence electrons. The Kier molecular flexibility index (Phi) is 3.81. The van der Waals surface area contributed by atoms with Crippen molar-refractivity contribution < 1.29 is 35.1 Å². The van der Waals surface area contributed by atoms with E-state index in [2.05, 4.69) is 4.18 Å². The Morgan fingerprint density at radius 2 is 1.82 bits per heavy atom. The van der Waals surface area contributed by atoms with Gasteiger partial charge >= 0.3 is 15.6 Å². The summed E-state index contributed by atoms with van der Waals surface area (Å²) in [5.74, 6) is -0.529. The van der Waals surface area contributed by atoms with Gasteiger partial charge in [0, 0.05) is 5.16 Å². The van der Waals surface area contributed by atoms with E-state index in [9.17, 15) is 26.2 Å². The maximum absolute atomic E-state index is 13.1. The molecule has 2 rings (SSSR count). The zero-order chi connectivity index (χ0) is 17.0. The average Bonchev–Trinajstić information content (AvgIpc) is 2.67. The third kappa shape index (κ3) is 2.60. The van der Waals surface area contributed by atoms with Crippen molar-refractivity contribution in [3.05, 3.63) is 18.2 Å². The van der Waals surface area contributed by atoms with Crippen molar-refractivity contribution in [2.24, 2.45) is 0 Å². The fourth-order valence-corrected chi connectivity index (χ4v) is 4.97. The van der Waals surface area contributed by atoms with Gasteiger partial charge in [0.15, 0.2) is 12.9 Å². The molecular weight excluding hydrogens is 344 g/mol. The third-order valence-electron chi connectivity index (χ3n) is 3.29. The van der Waals surface area contributed by atoms with Crippen molar-refractivity contribution >= 4 is 22.6 Å². The van der Waals surface area contributed by atoms with Crippen LogP contribution in [0.3, 0.4) is 0 Å². The fourth-order valence-electron chi connectivity index (χ4n) is 1.96. The molecule has 0 amide bonds. The third-order valence-corrected chi connectivity index (χ3v) is 8.08. The molecule has 0 N–H and O–H groups in total. The minimum Gasteiger partial charge on any atom is -0.485 e. The number of rotatable bonds is 2. The summed E-state index contributed by atoms with van der Waals surface area (Å²) in [6, 6.07) is 3.72. The minimum absolute atomic E-state index is 0.0770. The van der Waals surface area contributed by atoms with Gasteiger partial charge in [-0.3, -0.25) is 0 Å². The lowest BCUT2D eigenvalue weighted by Gasteiger charge is -2.27. The van der Waals surface area contributed by atoms with Gasteiger partial charge in [-0.25, -0.2) is 0 Å². The van der Waals surface area contributed by atoms with Crippen molar-refractivity contribution in [3.8, 4) is 11.5 Å². The predicted molar refractivity (Wildman–Crippen MR) is 74.5 cm³/mol. The Bertz CT molecular complexity index is 749. The molecule has 0 saturated heterocycles. The molecule has 1 heterocycles.